The second-order valence-electron chi connectivity index (χ2n) is 7.17. The van der Waals surface area contributed by atoms with Gasteiger partial charge in [0.25, 0.3) is 0 Å². The van der Waals surface area contributed by atoms with Crippen LogP contribution in [0, 0.1) is 0 Å². The summed E-state index contributed by atoms with van der Waals surface area (Å²) in [6.07, 6.45) is 3.19. The summed E-state index contributed by atoms with van der Waals surface area (Å²) >= 11 is 7.73. The van der Waals surface area contributed by atoms with Gasteiger partial charge < -0.3 is 0 Å². The van der Waals surface area contributed by atoms with Gasteiger partial charge in [0.1, 0.15) is 0 Å². The van der Waals surface area contributed by atoms with Crippen LogP contribution in [0.15, 0.2) is 88.7 Å². The van der Waals surface area contributed by atoms with E-state index in [4.69, 9.17) is 11.6 Å². The number of Topliss-reactive ketones (excluding diaryl/α,β-unsaturated/α-hetero) is 1. The van der Waals surface area contributed by atoms with Crippen LogP contribution in [-0.2, 0) is 0 Å². The van der Waals surface area contributed by atoms with Crippen LogP contribution in [0.4, 0.5) is 0 Å². The monoisotopic (exact) mass is 419 g/mol. The molecule has 1 heterocycles. The third-order valence-electron chi connectivity index (χ3n) is 5.01. The molecule has 4 heteroatoms. The van der Waals surface area contributed by atoms with E-state index in [2.05, 4.69) is 59.5 Å². The zero-order valence-electron chi connectivity index (χ0n) is 16.3. The number of rotatable bonds is 6. The highest BCUT2D eigenvalue weighted by Crippen LogP contribution is 2.45. The van der Waals surface area contributed by atoms with Crippen molar-refractivity contribution in [1.82, 2.24) is 4.90 Å². The fourth-order valence-electron chi connectivity index (χ4n) is 3.52. The number of carbonyl (C=O) groups excluding carboxylic acids is 1. The fourth-order valence-corrected chi connectivity index (χ4v) is 4.75. The molecular formula is C25H22ClNOS. The molecule has 0 atom stereocenters. The van der Waals surface area contributed by atoms with Gasteiger partial charge in [0.2, 0.25) is 0 Å². The molecule has 3 aromatic carbocycles. The highest BCUT2D eigenvalue weighted by Gasteiger charge is 2.19. The molecule has 29 heavy (non-hydrogen) atoms. The Morgan fingerprint density at radius 2 is 1.52 bits per heavy atom. The lowest BCUT2D eigenvalue weighted by Gasteiger charge is -2.22. The second-order valence-corrected chi connectivity index (χ2v) is 8.69. The van der Waals surface area contributed by atoms with Crippen LogP contribution < -0.4 is 0 Å². The van der Waals surface area contributed by atoms with Crippen molar-refractivity contribution in [2.75, 3.05) is 20.1 Å². The van der Waals surface area contributed by atoms with Gasteiger partial charge in [-0.3, -0.25) is 9.69 Å². The number of nitrogens with zero attached hydrogens (tertiary/aromatic N) is 1. The highest BCUT2D eigenvalue weighted by atomic mass is 35.5. The number of benzene rings is 3. The lowest BCUT2D eigenvalue weighted by atomic mass is 9.96. The first-order valence-electron chi connectivity index (χ1n) is 9.66. The van der Waals surface area contributed by atoms with Gasteiger partial charge in [-0.1, -0.05) is 65.8 Å². The lowest BCUT2D eigenvalue weighted by molar-refractivity contribution is 0.0947. The number of carbonyl (C=O) groups is 1. The first-order chi connectivity index (χ1) is 14.1. The van der Waals surface area contributed by atoms with Gasteiger partial charge in [0, 0.05) is 26.9 Å². The number of hydrogen-bond donors (Lipinski definition) is 0. The summed E-state index contributed by atoms with van der Waals surface area (Å²) in [6.45, 7) is 1.22. The number of likely N-dealkylation sites (N-methyl/N-ethyl adjacent to an activating group) is 1. The summed E-state index contributed by atoms with van der Waals surface area (Å²) in [7, 11) is 1.99. The molecule has 0 aromatic heterocycles. The number of ketones is 1. The number of halogens is 1. The maximum Gasteiger partial charge on any atom is 0.176 e. The van der Waals surface area contributed by atoms with Crippen molar-refractivity contribution in [2.24, 2.45) is 0 Å². The van der Waals surface area contributed by atoms with Crippen molar-refractivity contribution >= 4 is 34.7 Å². The Labute approximate surface area is 181 Å². The molecule has 0 N–H and O–H groups in total. The largest absolute Gasteiger partial charge is 0.299 e. The summed E-state index contributed by atoms with van der Waals surface area (Å²) in [5.74, 6) is 0.113. The van der Waals surface area contributed by atoms with Crippen molar-refractivity contribution < 1.29 is 4.79 Å². The average Bonchev–Trinajstić information content (AvgIpc) is 2.73. The van der Waals surface area contributed by atoms with Gasteiger partial charge in [-0.05, 0) is 66.6 Å². The molecule has 0 bridgehead atoms. The predicted molar refractivity (Wildman–Crippen MR) is 122 cm³/mol. The van der Waals surface area contributed by atoms with Gasteiger partial charge in [0.15, 0.2) is 5.78 Å². The Kier molecular flexibility index (Phi) is 6.19. The van der Waals surface area contributed by atoms with E-state index in [0.717, 1.165) is 13.0 Å². The average molecular weight is 420 g/mol. The molecule has 0 unspecified atom stereocenters. The van der Waals surface area contributed by atoms with Crippen LogP contribution in [0.2, 0.25) is 5.02 Å². The van der Waals surface area contributed by atoms with Crippen LogP contribution in [0.3, 0.4) is 0 Å². The molecule has 2 nitrogen and oxygen atoms in total. The third kappa shape index (κ3) is 4.64. The Bertz CT molecular complexity index is 1010. The molecule has 0 radical (unpaired) electrons. The molecule has 3 aromatic rings. The molecule has 0 fully saturated rings. The number of hydrogen-bond acceptors (Lipinski definition) is 3. The smallest absolute Gasteiger partial charge is 0.176 e. The third-order valence-corrected chi connectivity index (χ3v) is 6.42. The Morgan fingerprint density at radius 3 is 2.14 bits per heavy atom. The first-order valence-corrected chi connectivity index (χ1v) is 10.9. The van der Waals surface area contributed by atoms with E-state index >= 15 is 0 Å². The van der Waals surface area contributed by atoms with Crippen LogP contribution in [0.1, 0.15) is 27.9 Å². The van der Waals surface area contributed by atoms with Gasteiger partial charge in [-0.15, -0.1) is 0 Å². The minimum atomic E-state index is 0.113. The van der Waals surface area contributed by atoms with E-state index in [-0.39, 0.29) is 5.78 Å². The van der Waals surface area contributed by atoms with Crippen LogP contribution in [0.5, 0.6) is 0 Å². The molecule has 0 saturated heterocycles. The van der Waals surface area contributed by atoms with Crippen molar-refractivity contribution in [3.05, 3.63) is 101 Å². The Balaban J connectivity index is 1.45. The summed E-state index contributed by atoms with van der Waals surface area (Å²) < 4.78 is 0. The van der Waals surface area contributed by atoms with Crippen molar-refractivity contribution in [1.29, 1.82) is 0 Å². The molecule has 146 valence electrons. The van der Waals surface area contributed by atoms with Gasteiger partial charge in [-0.2, -0.15) is 0 Å². The van der Waals surface area contributed by atoms with E-state index in [1.54, 1.807) is 24.3 Å². The molecule has 0 spiro atoms. The van der Waals surface area contributed by atoms with Crippen molar-refractivity contribution in [3.63, 3.8) is 0 Å². The molecule has 0 saturated carbocycles. The summed E-state index contributed by atoms with van der Waals surface area (Å²) in [5, 5.41) is 0.646. The van der Waals surface area contributed by atoms with E-state index in [1.807, 2.05) is 18.8 Å². The normalized spacial score (nSPS) is 12.4. The summed E-state index contributed by atoms with van der Waals surface area (Å²) in [5.41, 5.74) is 4.56. The molecule has 1 aliphatic heterocycles. The van der Waals surface area contributed by atoms with E-state index in [9.17, 15) is 4.79 Å². The van der Waals surface area contributed by atoms with Crippen molar-refractivity contribution in [2.45, 2.75) is 16.2 Å². The molecule has 1 aliphatic rings. The topological polar surface area (TPSA) is 20.3 Å². The SMILES string of the molecule is CN(CCC=C1c2ccccc2Sc2ccccc21)CC(=O)c1ccc(Cl)cc1. The Hall–Kier alpha value is -2.33. The minimum Gasteiger partial charge on any atom is -0.299 e. The van der Waals surface area contributed by atoms with E-state index in [1.165, 1.54) is 26.5 Å². The molecular weight excluding hydrogens is 398 g/mol. The number of fused-ring (bicyclic) bond motifs is 2. The van der Waals surface area contributed by atoms with Crippen LogP contribution in [0.25, 0.3) is 5.57 Å². The summed E-state index contributed by atoms with van der Waals surface area (Å²) in [4.78, 5) is 17.1. The van der Waals surface area contributed by atoms with Crippen LogP contribution >= 0.6 is 23.4 Å². The molecule has 0 aliphatic carbocycles. The quantitative estimate of drug-likeness (QED) is 0.335. The first kappa shape index (κ1) is 20.0. The van der Waals surface area contributed by atoms with Crippen LogP contribution in [-0.4, -0.2) is 30.8 Å². The Morgan fingerprint density at radius 1 is 0.931 bits per heavy atom. The molecule has 0 amide bonds. The molecule has 4 rings (SSSR count). The van der Waals surface area contributed by atoms with E-state index < -0.39 is 0 Å². The fraction of sp³-hybridized carbons (Fsp3) is 0.160. The zero-order valence-corrected chi connectivity index (χ0v) is 17.8. The highest BCUT2D eigenvalue weighted by molar-refractivity contribution is 7.99. The van der Waals surface area contributed by atoms with E-state index in [0.29, 0.717) is 17.1 Å². The second kappa shape index (κ2) is 9.00. The van der Waals surface area contributed by atoms with Gasteiger partial charge >= 0.3 is 0 Å². The zero-order chi connectivity index (χ0) is 20.2. The maximum absolute atomic E-state index is 12.5. The maximum atomic E-state index is 12.5. The predicted octanol–water partition coefficient (Wildman–Crippen LogP) is 6.44. The standard InChI is InChI=1S/C25H22ClNOS/c1-27(17-23(28)18-12-14-19(26)15-13-18)16-6-9-20-21-7-2-4-10-24(21)29-25-11-5-3-8-22(20)25/h2-5,7-15H,6,16-17H2,1H3. The van der Waals surface area contributed by atoms with Crippen molar-refractivity contribution in [3.8, 4) is 0 Å². The van der Waals surface area contributed by atoms with Gasteiger partial charge in [-0.25, -0.2) is 0 Å². The lowest BCUT2D eigenvalue weighted by Crippen LogP contribution is -2.26. The van der Waals surface area contributed by atoms with Gasteiger partial charge in [0.05, 0.1) is 6.54 Å². The minimum absolute atomic E-state index is 0.113. The summed E-state index contributed by atoms with van der Waals surface area (Å²) in [6, 6.07) is 24.2.